The summed E-state index contributed by atoms with van der Waals surface area (Å²) < 4.78 is 0. The monoisotopic (exact) mass is 253 g/mol. The number of nitrogens with zero attached hydrogens (tertiary/aromatic N) is 2. The molecule has 1 aromatic carbocycles. The van der Waals surface area contributed by atoms with Crippen molar-refractivity contribution in [2.45, 2.75) is 6.92 Å². The van der Waals surface area contributed by atoms with E-state index < -0.39 is 0 Å². The Labute approximate surface area is 103 Å². The molecule has 0 fully saturated rings. The van der Waals surface area contributed by atoms with E-state index >= 15 is 0 Å². The van der Waals surface area contributed by atoms with Crippen LogP contribution in [0.4, 0.5) is 16.5 Å². The molecule has 2 aromatic rings. The second-order valence-electron chi connectivity index (χ2n) is 3.54. The zero-order valence-electron chi connectivity index (χ0n) is 9.07. The van der Waals surface area contributed by atoms with Crippen molar-refractivity contribution >= 4 is 39.4 Å². The average Bonchev–Trinajstić information content (AvgIpc) is 2.67. The molecule has 0 spiro atoms. The van der Waals surface area contributed by atoms with Gasteiger partial charge in [0.25, 0.3) is 0 Å². The predicted molar refractivity (Wildman–Crippen MR) is 70.8 cm³/mol. The van der Waals surface area contributed by atoms with Crippen molar-refractivity contribution in [2.75, 3.05) is 17.7 Å². The third kappa shape index (κ3) is 2.13. The maximum absolute atomic E-state index is 6.13. The third-order valence-corrected chi connectivity index (χ3v) is 3.58. The molecule has 0 aliphatic heterocycles. The Morgan fingerprint density at radius 2 is 2.19 bits per heavy atom. The van der Waals surface area contributed by atoms with E-state index in [1.165, 1.54) is 0 Å². The van der Waals surface area contributed by atoms with Crippen molar-refractivity contribution in [3.05, 3.63) is 34.3 Å². The number of halogens is 1. The molecular formula is C11H12ClN3S. The Balaban J connectivity index is 2.40. The number of hydrogen-bond acceptors (Lipinski definition) is 4. The zero-order valence-corrected chi connectivity index (χ0v) is 10.6. The van der Waals surface area contributed by atoms with E-state index in [4.69, 9.17) is 17.3 Å². The predicted octanol–water partition coefficient (Wildman–Crippen LogP) is 3.46. The molecule has 16 heavy (non-hydrogen) atoms. The second-order valence-corrected chi connectivity index (χ2v) is 4.79. The van der Waals surface area contributed by atoms with Gasteiger partial charge in [-0.25, -0.2) is 4.98 Å². The van der Waals surface area contributed by atoms with Crippen LogP contribution < -0.4 is 10.6 Å². The topological polar surface area (TPSA) is 42.1 Å². The first kappa shape index (κ1) is 11.2. The lowest BCUT2D eigenvalue weighted by atomic mass is 10.2. The summed E-state index contributed by atoms with van der Waals surface area (Å²) in [5.74, 6) is 0. The SMILES string of the molecule is Cc1csc(N(C)c2cc(N)ccc2Cl)n1. The number of benzene rings is 1. The zero-order chi connectivity index (χ0) is 11.7. The fourth-order valence-corrected chi connectivity index (χ4v) is 2.41. The van der Waals surface area contributed by atoms with Crippen molar-refractivity contribution in [3.63, 3.8) is 0 Å². The van der Waals surface area contributed by atoms with E-state index in [1.807, 2.05) is 30.3 Å². The highest BCUT2D eigenvalue weighted by molar-refractivity contribution is 7.13. The number of aromatic nitrogens is 1. The molecule has 0 amide bonds. The minimum atomic E-state index is 0.671. The summed E-state index contributed by atoms with van der Waals surface area (Å²) in [6, 6.07) is 5.43. The van der Waals surface area contributed by atoms with E-state index in [9.17, 15) is 0 Å². The maximum Gasteiger partial charge on any atom is 0.189 e. The van der Waals surface area contributed by atoms with Gasteiger partial charge in [-0.2, -0.15) is 0 Å². The van der Waals surface area contributed by atoms with Gasteiger partial charge in [-0.05, 0) is 25.1 Å². The van der Waals surface area contributed by atoms with Gasteiger partial charge in [0.15, 0.2) is 5.13 Å². The van der Waals surface area contributed by atoms with Gasteiger partial charge in [0, 0.05) is 18.1 Å². The first-order valence-electron chi connectivity index (χ1n) is 4.79. The quantitative estimate of drug-likeness (QED) is 0.834. The first-order chi connectivity index (χ1) is 7.58. The lowest BCUT2D eigenvalue weighted by Gasteiger charge is -2.17. The van der Waals surface area contributed by atoms with Crippen molar-refractivity contribution in [2.24, 2.45) is 0 Å². The van der Waals surface area contributed by atoms with Crippen LogP contribution in [0.3, 0.4) is 0 Å². The Kier molecular flexibility index (Phi) is 3.03. The van der Waals surface area contributed by atoms with Crippen molar-refractivity contribution in [1.29, 1.82) is 0 Å². The molecule has 0 aliphatic carbocycles. The normalized spacial score (nSPS) is 10.4. The van der Waals surface area contributed by atoms with Gasteiger partial charge in [-0.3, -0.25) is 0 Å². The lowest BCUT2D eigenvalue weighted by Crippen LogP contribution is -2.10. The Hall–Kier alpha value is -1.26. The Morgan fingerprint density at radius 3 is 2.81 bits per heavy atom. The summed E-state index contributed by atoms with van der Waals surface area (Å²) in [7, 11) is 1.93. The first-order valence-corrected chi connectivity index (χ1v) is 6.04. The minimum absolute atomic E-state index is 0.671. The number of thiazole rings is 1. The molecule has 0 aliphatic rings. The molecule has 84 valence electrons. The molecular weight excluding hydrogens is 242 g/mol. The summed E-state index contributed by atoms with van der Waals surface area (Å²) in [6.07, 6.45) is 0. The molecule has 2 rings (SSSR count). The van der Waals surface area contributed by atoms with Crippen molar-refractivity contribution < 1.29 is 0 Å². The van der Waals surface area contributed by atoms with E-state index in [0.717, 1.165) is 16.5 Å². The average molecular weight is 254 g/mol. The molecule has 0 unspecified atom stereocenters. The van der Waals surface area contributed by atoms with E-state index in [-0.39, 0.29) is 0 Å². The fraction of sp³-hybridized carbons (Fsp3) is 0.182. The number of hydrogen-bond donors (Lipinski definition) is 1. The molecule has 5 heteroatoms. The number of rotatable bonds is 2. The van der Waals surface area contributed by atoms with Gasteiger partial charge in [0.1, 0.15) is 0 Å². The van der Waals surface area contributed by atoms with Crippen LogP contribution in [-0.4, -0.2) is 12.0 Å². The van der Waals surface area contributed by atoms with Gasteiger partial charge in [0.05, 0.1) is 16.4 Å². The number of anilines is 3. The number of nitrogen functional groups attached to an aromatic ring is 1. The van der Waals surface area contributed by atoms with Crippen LogP contribution in [0.15, 0.2) is 23.6 Å². The van der Waals surface area contributed by atoms with Gasteiger partial charge in [-0.15, -0.1) is 11.3 Å². The molecule has 0 saturated heterocycles. The van der Waals surface area contributed by atoms with Crippen LogP contribution in [0.5, 0.6) is 0 Å². The van der Waals surface area contributed by atoms with E-state index in [2.05, 4.69) is 4.98 Å². The van der Waals surface area contributed by atoms with Crippen molar-refractivity contribution in [1.82, 2.24) is 4.98 Å². The molecule has 0 radical (unpaired) electrons. The molecule has 1 aromatic heterocycles. The summed E-state index contributed by atoms with van der Waals surface area (Å²) in [6.45, 7) is 1.97. The maximum atomic E-state index is 6.13. The standard InChI is InChI=1S/C11H12ClN3S/c1-7-6-16-11(14-7)15(2)10-5-8(13)3-4-9(10)12/h3-6H,13H2,1-2H3. The smallest absolute Gasteiger partial charge is 0.189 e. The van der Waals surface area contributed by atoms with Gasteiger partial charge < -0.3 is 10.6 Å². The fourth-order valence-electron chi connectivity index (χ4n) is 1.39. The highest BCUT2D eigenvalue weighted by Gasteiger charge is 2.11. The van der Waals surface area contributed by atoms with Crippen LogP contribution in [0.25, 0.3) is 0 Å². The minimum Gasteiger partial charge on any atom is -0.399 e. The lowest BCUT2D eigenvalue weighted by molar-refractivity contribution is 1.14. The Bertz CT molecular complexity index is 510. The molecule has 0 saturated carbocycles. The van der Waals surface area contributed by atoms with Crippen LogP contribution in [0.2, 0.25) is 5.02 Å². The molecule has 0 atom stereocenters. The summed E-state index contributed by atoms with van der Waals surface area (Å²) in [4.78, 5) is 6.34. The second kappa shape index (κ2) is 4.31. The highest BCUT2D eigenvalue weighted by Crippen LogP contribution is 2.33. The van der Waals surface area contributed by atoms with Crippen LogP contribution in [0, 0.1) is 6.92 Å². The number of nitrogens with two attached hydrogens (primary N) is 1. The number of aryl methyl sites for hydroxylation is 1. The van der Waals surface area contributed by atoms with Crippen LogP contribution in [0.1, 0.15) is 5.69 Å². The van der Waals surface area contributed by atoms with Crippen LogP contribution >= 0.6 is 22.9 Å². The van der Waals surface area contributed by atoms with Crippen molar-refractivity contribution in [3.8, 4) is 0 Å². The van der Waals surface area contributed by atoms with E-state index in [0.29, 0.717) is 10.7 Å². The molecule has 2 N–H and O–H groups in total. The largest absolute Gasteiger partial charge is 0.399 e. The van der Waals surface area contributed by atoms with Crippen LogP contribution in [-0.2, 0) is 0 Å². The molecule has 1 heterocycles. The van der Waals surface area contributed by atoms with Gasteiger partial charge in [0.2, 0.25) is 0 Å². The molecule has 3 nitrogen and oxygen atoms in total. The summed E-state index contributed by atoms with van der Waals surface area (Å²) >= 11 is 7.71. The Morgan fingerprint density at radius 1 is 1.44 bits per heavy atom. The van der Waals surface area contributed by atoms with Gasteiger partial charge >= 0.3 is 0 Å². The highest BCUT2D eigenvalue weighted by atomic mass is 35.5. The van der Waals surface area contributed by atoms with E-state index in [1.54, 1.807) is 23.5 Å². The third-order valence-electron chi connectivity index (χ3n) is 2.23. The van der Waals surface area contributed by atoms with Gasteiger partial charge in [-0.1, -0.05) is 11.6 Å². The summed E-state index contributed by atoms with van der Waals surface area (Å²) in [5.41, 5.74) is 8.32. The summed E-state index contributed by atoms with van der Waals surface area (Å²) in [5, 5.41) is 3.58. The molecule has 0 bridgehead atoms.